The van der Waals surface area contributed by atoms with Gasteiger partial charge in [0.15, 0.2) is 0 Å². The summed E-state index contributed by atoms with van der Waals surface area (Å²) in [6.45, 7) is 0. The van der Waals surface area contributed by atoms with E-state index in [9.17, 15) is 14.0 Å². The summed E-state index contributed by atoms with van der Waals surface area (Å²) >= 11 is 0. The first-order valence-electron chi connectivity index (χ1n) is 7.10. The number of pyridine rings is 1. The molecule has 0 unspecified atom stereocenters. The second-order valence-electron chi connectivity index (χ2n) is 4.92. The number of halogens is 1. The molecular weight excluding hydrogens is 315 g/mol. The Morgan fingerprint density at radius 2 is 2.04 bits per heavy atom. The molecule has 8 heteroatoms. The molecule has 0 radical (unpaired) electrons. The molecular formula is C16H17FN4O3. The maximum Gasteiger partial charge on any atom is 0.312 e. The van der Waals surface area contributed by atoms with Crippen LogP contribution in [0.2, 0.25) is 0 Å². The minimum Gasteiger partial charge on any atom is -0.481 e. The molecule has 0 aliphatic carbocycles. The first-order chi connectivity index (χ1) is 11.5. The standard InChI is InChI=1S/C16H17FN4O3/c1-24-15-7-6-10(9-19-15)20-14(22)8-13(21-16(18)23)11-4-2-3-5-12(11)17/h2-7,9,13H,8H2,1H3,(H,20,22)(H3,18,21,23)/t13-/m0/s1. The highest BCUT2D eigenvalue weighted by Crippen LogP contribution is 2.21. The fourth-order valence-electron chi connectivity index (χ4n) is 2.14. The van der Waals surface area contributed by atoms with Crippen LogP contribution in [-0.2, 0) is 4.79 Å². The lowest BCUT2D eigenvalue weighted by atomic mass is 10.0. The number of methoxy groups -OCH3 is 1. The molecule has 7 nitrogen and oxygen atoms in total. The van der Waals surface area contributed by atoms with Gasteiger partial charge < -0.3 is 21.1 Å². The van der Waals surface area contributed by atoms with Crippen LogP contribution in [0.25, 0.3) is 0 Å². The number of nitrogens with one attached hydrogen (secondary N) is 2. The molecule has 1 aromatic heterocycles. The van der Waals surface area contributed by atoms with Crippen molar-refractivity contribution >= 4 is 17.6 Å². The normalized spacial score (nSPS) is 11.4. The van der Waals surface area contributed by atoms with Crippen molar-refractivity contribution in [1.29, 1.82) is 0 Å². The maximum absolute atomic E-state index is 13.9. The number of aromatic nitrogens is 1. The second-order valence-corrected chi connectivity index (χ2v) is 4.92. The predicted molar refractivity (Wildman–Crippen MR) is 85.9 cm³/mol. The van der Waals surface area contributed by atoms with Crippen LogP contribution in [0.3, 0.4) is 0 Å². The van der Waals surface area contributed by atoms with Crippen molar-refractivity contribution in [3.63, 3.8) is 0 Å². The van der Waals surface area contributed by atoms with Crippen LogP contribution in [0.15, 0.2) is 42.6 Å². The van der Waals surface area contributed by atoms with E-state index in [0.29, 0.717) is 11.6 Å². The van der Waals surface area contributed by atoms with Gasteiger partial charge in [-0.1, -0.05) is 18.2 Å². The van der Waals surface area contributed by atoms with Gasteiger partial charge in [-0.05, 0) is 12.1 Å². The van der Waals surface area contributed by atoms with Gasteiger partial charge in [-0.2, -0.15) is 0 Å². The van der Waals surface area contributed by atoms with E-state index in [0.717, 1.165) is 0 Å². The topological polar surface area (TPSA) is 106 Å². The zero-order chi connectivity index (χ0) is 17.5. The Bertz CT molecular complexity index is 722. The molecule has 1 heterocycles. The fourth-order valence-corrected chi connectivity index (χ4v) is 2.14. The van der Waals surface area contributed by atoms with Crippen molar-refractivity contribution in [3.05, 3.63) is 54.0 Å². The van der Waals surface area contributed by atoms with Crippen molar-refractivity contribution in [3.8, 4) is 5.88 Å². The summed E-state index contributed by atoms with van der Waals surface area (Å²) < 4.78 is 18.8. The molecule has 4 N–H and O–H groups in total. The number of nitrogens with two attached hydrogens (primary N) is 1. The van der Waals surface area contributed by atoms with E-state index >= 15 is 0 Å². The third-order valence-electron chi connectivity index (χ3n) is 3.22. The summed E-state index contributed by atoms with van der Waals surface area (Å²) in [5, 5.41) is 4.99. The third-order valence-corrected chi connectivity index (χ3v) is 3.22. The molecule has 0 saturated carbocycles. The summed E-state index contributed by atoms with van der Waals surface area (Å²) in [5.74, 6) is -0.549. The summed E-state index contributed by atoms with van der Waals surface area (Å²) in [4.78, 5) is 27.3. The van der Waals surface area contributed by atoms with Gasteiger partial charge in [-0.15, -0.1) is 0 Å². The Balaban J connectivity index is 2.09. The molecule has 0 bridgehead atoms. The Kier molecular flexibility index (Phi) is 5.67. The molecule has 1 atom stereocenters. The lowest BCUT2D eigenvalue weighted by molar-refractivity contribution is -0.116. The zero-order valence-corrected chi connectivity index (χ0v) is 13.0. The smallest absolute Gasteiger partial charge is 0.312 e. The van der Waals surface area contributed by atoms with Gasteiger partial charge in [0.25, 0.3) is 0 Å². The van der Waals surface area contributed by atoms with E-state index in [2.05, 4.69) is 15.6 Å². The largest absolute Gasteiger partial charge is 0.481 e. The lowest BCUT2D eigenvalue weighted by Crippen LogP contribution is -2.35. The van der Waals surface area contributed by atoms with Crippen LogP contribution in [0.5, 0.6) is 5.88 Å². The molecule has 2 aromatic rings. The fraction of sp³-hybridized carbons (Fsp3) is 0.188. The Labute approximate surface area is 138 Å². The number of nitrogens with zero attached hydrogens (tertiary/aromatic N) is 1. The molecule has 0 spiro atoms. The highest BCUT2D eigenvalue weighted by Gasteiger charge is 2.20. The van der Waals surface area contributed by atoms with E-state index in [1.165, 1.54) is 31.5 Å². The number of hydrogen-bond donors (Lipinski definition) is 3. The SMILES string of the molecule is COc1ccc(NC(=O)C[C@H](NC(N)=O)c2ccccc2F)cn1. The summed E-state index contributed by atoms with van der Waals surface area (Å²) in [6, 6.07) is 7.34. The number of benzene rings is 1. The van der Waals surface area contributed by atoms with E-state index in [1.807, 2.05) is 0 Å². The van der Waals surface area contributed by atoms with Crippen molar-refractivity contribution in [1.82, 2.24) is 10.3 Å². The van der Waals surface area contributed by atoms with Crippen LogP contribution in [0, 0.1) is 5.82 Å². The Morgan fingerprint density at radius 1 is 1.29 bits per heavy atom. The molecule has 0 aliphatic rings. The van der Waals surface area contributed by atoms with Crippen molar-refractivity contribution in [2.45, 2.75) is 12.5 Å². The van der Waals surface area contributed by atoms with E-state index in [1.54, 1.807) is 18.2 Å². The molecule has 0 fully saturated rings. The number of ether oxygens (including phenoxy) is 1. The number of primary amides is 1. The monoisotopic (exact) mass is 332 g/mol. The number of hydrogen-bond acceptors (Lipinski definition) is 4. The molecule has 24 heavy (non-hydrogen) atoms. The van der Waals surface area contributed by atoms with Crippen LogP contribution in [0.1, 0.15) is 18.0 Å². The molecule has 126 valence electrons. The van der Waals surface area contributed by atoms with Crippen LogP contribution < -0.4 is 21.1 Å². The lowest BCUT2D eigenvalue weighted by Gasteiger charge is -2.18. The molecule has 0 aliphatic heterocycles. The van der Waals surface area contributed by atoms with Gasteiger partial charge in [-0.3, -0.25) is 4.79 Å². The Hall–Kier alpha value is -3.16. The number of amides is 3. The van der Waals surface area contributed by atoms with Gasteiger partial charge in [0.05, 0.1) is 31.5 Å². The number of urea groups is 1. The minimum atomic E-state index is -0.880. The zero-order valence-electron chi connectivity index (χ0n) is 13.0. The number of anilines is 1. The average molecular weight is 332 g/mol. The number of carbonyl (C=O) groups excluding carboxylic acids is 2. The van der Waals surface area contributed by atoms with Crippen molar-refractivity contribution in [2.24, 2.45) is 5.73 Å². The highest BCUT2D eigenvalue weighted by atomic mass is 19.1. The molecule has 0 saturated heterocycles. The van der Waals surface area contributed by atoms with Crippen LogP contribution >= 0.6 is 0 Å². The van der Waals surface area contributed by atoms with Crippen LogP contribution in [0.4, 0.5) is 14.9 Å². The average Bonchev–Trinajstić information content (AvgIpc) is 2.55. The molecule has 3 amide bonds. The number of rotatable bonds is 6. The van der Waals surface area contributed by atoms with Gasteiger partial charge in [-0.25, -0.2) is 14.2 Å². The maximum atomic E-state index is 13.9. The Morgan fingerprint density at radius 3 is 2.62 bits per heavy atom. The quantitative estimate of drug-likeness (QED) is 0.752. The van der Waals surface area contributed by atoms with E-state index in [-0.39, 0.29) is 12.0 Å². The third kappa shape index (κ3) is 4.67. The second kappa shape index (κ2) is 7.91. The molecule has 1 aromatic carbocycles. The van der Waals surface area contributed by atoms with E-state index < -0.39 is 23.8 Å². The summed E-state index contributed by atoms with van der Waals surface area (Å²) in [5.41, 5.74) is 5.74. The van der Waals surface area contributed by atoms with Gasteiger partial charge in [0, 0.05) is 11.6 Å². The van der Waals surface area contributed by atoms with Crippen molar-refractivity contribution < 1.29 is 18.7 Å². The predicted octanol–water partition coefficient (Wildman–Crippen LogP) is 1.97. The van der Waals surface area contributed by atoms with Gasteiger partial charge in [0.2, 0.25) is 11.8 Å². The van der Waals surface area contributed by atoms with E-state index in [4.69, 9.17) is 10.5 Å². The van der Waals surface area contributed by atoms with Crippen LogP contribution in [-0.4, -0.2) is 24.0 Å². The summed E-state index contributed by atoms with van der Waals surface area (Å²) in [7, 11) is 1.48. The minimum absolute atomic E-state index is 0.180. The van der Waals surface area contributed by atoms with Gasteiger partial charge >= 0.3 is 6.03 Å². The van der Waals surface area contributed by atoms with Crippen molar-refractivity contribution in [2.75, 3.05) is 12.4 Å². The highest BCUT2D eigenvalue weighted by molar-refractivity contribution is 5.91. The number of carbonyl (C=O) groups is 2. The first kappa shape index (κ1) is 17.2. The molecule has 2 rings (SSSR count). The first-order valence-corrected chi connectivity index (χ1v) is 7.10. The van der Waals surface area contributed by atoms with Gasteiger partial charge in [0.1, 0.15) is 5.82 Å². The summed E-state index contributed by atoms with van der Waals surface area (Å²) in [6.07, 6.45) is 1.24.